The van der Waals surface area contributed by atoms with Crippen LogP contribution in [0.4, 0.5) is 0 Å². The topological polar surface area (TPSA) is 50.7 Å². The summed E-state index contributed by atoms with van der Waals surface area (Å²) in [4.78, 5) is 15.1. The molecule has 0 saturated carbocycles. The summed E-state index contributed by atoms with van der Waals surface area (Å²) >= 11 is 5.82. The average Bonchev–Trinajstić information content (AvgIpc) is 2.64. The van der Waals surface area contributed by atoms with E-state index in [2.05, 4.69) is 10.3 Å². The minimum absolute atomic E-state index is 0.109. The highest BCUT2D eigenvalue weighted by Crippen LogP contribution is 2.23. The Morgan fingerprint density at radius 2 is 2.33 bits per heavy atom. The fourth-order valence-electron chi connectivity index (χ4n) is 1.38. The maximum absolute atomic E-state index is 11.0. The number of halogens is 1. The largest absolute Gasteiger partial charge is 0.496 e. The molecular formula is C10H9ClN2O2. The Balaban J connectivity index is 2.40. The quantitative estimate of drug-likeness (QED) is 0.822. The Morgan fingerprint density at radius 3 is 2.93 bits per heavy atom. The molecule has 0 aliphatic carbocycles. The maximum atomic E-state index is 11.0. The summed E-state index contributed by atoms with van der Waals surface area (Å²) in [5, 5.41) is 3.24. The van der Waals surface area contributed by atoms with E-state index in [9.17, 15) is 4.79 Å². The molecule has 0 fully saturated rings. The third kappa shape index (κ3) is 1.94. The lowest BCUT2D eigenvalue weighted by Gasteiger charge is -2.08. The summed E-state index contributed by atoms with van der Waals surface area (Å²) < 4.78 is 5.16. The van der Waals surface area contributed by atoms with Crippen LogP contribution in [0.15, 0.2) is 23.2 Å². The van der Waals surface area contributed by atoms with E-state index in [0.717, 1.165) is 5.56 Å². The van der Waals surface area contributed by atoms with Gasteiger partial charge in [-0.1, -0.05) is 11.6 Å². The third-order valence-electron chi connectivity index (χ3n) is 2.06. The van der Waals surface area contributed by atoms with Crippen LogP contribution in [0.1, 0.15) is 5.56 Å². The Morgan fingerprint density at radius 1 is 1.53 bits per heavy atom. The van der Waals surface area contributed by atoms with Crippen molar-refractivity contribution >= 4 is 23.3 Å². The van der Waals surface area contributed by atoms with Gasteiger partial charge in [-0.25, -0.2) is 0 Å². The summed E-state index contributed by atoms with van der Waals surface area (Å²) in [6.07, 6.45) is 0. The van der Waals surface area contributed by atoms with Gasteiger partial charge in [0.15, 0.2) is 0 Å². The molecule has 1 N–H and O–H groups in total. The van der Waals surface area contributed by atoms with Crippen molar-refractivity contribution in [3.05, 3.63) is 28.8 Å². The number of methoxy groups -OCH3 is 1. The molecule has 0 radical (unpaired) electrons. The lowest BCUT2D eigenvalue weighted by molar-refractivity contribution is -0.117. The van der Waals surface area contributed by atoms with Crippen LogP contribution < -0.4 is 10.1 Å². The van der Waals surface area contributed by atoms with E-state index in [1.807, 2.05) is 0 Å². The van der Waals surface area contributed by atoms with Crippen LogP contribution in [0.2, 0.25) is 5.02 Å². The summed E-state index contributed by atoms with van der Waals surface area (Å²) in [5.74, 6) is 1.03. The number of hydrogen-bond donors (Lipinski definition) is 1. The van der Waals surface area contributed by atoms with E-state index in [4.69, 9.17) is 16.3 Å². The molecule has 1 amide bonds. The number of rotatable bonds is 2. The minimum Gasteiger partial charge on any atom is -0.496 e. The highest BCUT2D eigenvalue weighted by atomic mass is 35.5. The van der Waals surface area contributed by atoms with Crippen LogP contribution in [0.5, 0.6) is 5.75 Å². The standard InChI is InChI=1S/C10H9ClN2O2/c1-15-8-4-6(11)2-3-7(8)10-12-5-9(14)13-10/h2-4H,5H2,1H3,(H,12,13,14). The van der Waals surface area contributed by atoms with Crippen LogP contribution in [-0.2, 0) is 4.79 Å². The van der Waals surface area contributed by atoms with Gasteiger partial charge in [-0.05, 0) is 18.2 Å². The van der Waals surface area contributed by atoms with Crippen molar-refractivity contribution < 1.29 is 9.53 Å². The first kappa shape index (κ1) is 9.98. The van der Waals surface area contributed by atoms with Crippen molar-refractivity contribution in [2.24, 2.45) is 4.99 Å². The third-order valence-corrected chi connectivity index (χ3v) is 2.29. The monoisotopic (exact) mass is 224 g/mol. The van der Waals surface area contributed by atoms with Crippen molar-refractivity contribution in [1.82, 2.24) is 5.32 Å². The first-order valence-corrected chi connectivity index (χ1v) is 4.76. The molecule has 15 heavy (non-hydrogen) atoms. The molecule has 1 heterocycles. The number of nitrogens with zero attached hydrogens (tertiary/aromatic N) is 1. The molecule has 1 aromatic carbocycles. The van der Waals surface area contributed by atoms with Crippen LogP contribution >= 0.6 is 11.6 Å². The zero-order valence-corrected chi connectivity index (χ0v) is 8.84. The zero-order valence-electron chi connectivity index (χ0n) is 8.08. The van der Waals surface area contributed by atoms with Gasteiger partial charge in [0.2, 0.25) is 5.91 Å². The molecule has 0 aromatic heterocycles. The Hall–Kier alpha value is -1.55. The van der Waals surface area contributed by atoms with Crippen molar-refractivity contribution in [2.45, 2.75) is 0 Å². The fraction of sp³-hybridized carbons (Fsp3) is 0.200. The predicted octanol–water partition coefficient (Wildman–Crippen LogP) is 1.22. The SMILES string of the molecule is COc1cc(Cl)ccc1C1=NCC(=O)N1. The normalized spacial score (nSPS) is 14.8. The van der Waals surface area contributed by atoms with E-state index < -0.39 is 0 Å². The van der Waals surface area contributed by atoms with Gasteiger partial charge in [-0.2, -0.15) is 0 Å². The van der Waals surface area contributed by atoms with Crippen molar-refractivity contribution in [3.8, 4) is 5.75 Å². The average molecular weight is 225 g/mol. The summed E-state index contributed by atoms with van der Waals surface area (Å²) in [6, 6.07) is 5.18. The van der Waals surface area contributed by atoms with Gasteiger partial charge in [0.1, 0.15) is 18.1 Å². The molecule has 2 rings (SSSR count). The van der Waals surface area contributed by atoms with Crippen molar-refractivity contribution in [3.63, 3.8) is 0 Å². The fourth-order valence-corrected chi connectivity index (χ4v) is 1.54. The Bertz CT molecular complexity index is 443. The van der Waals surface area contributed by atoms with E-state index in [1.165, 1.54) is 0 Å². The van der Waals surface area contributed by atoms with Crippen molar-refractivity contribution in [2.75, 3.05) is 13.7 Å². The number of carbonyl (C=O) groups is 1. The second-order valence-electron chi connectivity index (χ2n) is 3.06. The maximum Gasteiger partial charge on any atom is 0.247 e. The van der Waals surface area contributed by atoms with E-state index in [0.29, 0.717) is 16.6 Å². The lowest BCUT2D eigenvalue weighted by atomic mass is 10.2. The van der Waals surface area contributed by atoms with Gasteiger partial charge in [0, 0.05) is 5.02 Å². The van der Waals surface area contributed by atoms with Gasteiger partial charge >= 0.3 is 0 Å². The van der Waals surface area contributed by atoms with E-state index in [-0.39, 0.29) is 12.5 Å². The smallest absolute Gasteiger partial charge is 0.247 e. The van der Waals surface area contributed by atoms with Crippen LogP contribution in [0.3, 0.4) is 0 Å². The molecule has 78 valence electrons. The molecule has 1 aliphatic heterocycles. The summed E-state index contributed by atoms with van der Waals surface area (Å²) in [6.45, 7) is 0.168. The van der Waals surface area contributed by atoms with E-state index >= 15 is 0 Å². The Kier molecular flexibility index (Phi) is 2.60. The zero-order chi connectivity index (χ0) is 10.8. The summed E-state index contributed by atoms with van der Waals surface area (Å²) in [5.41, 5.74) is 0.743. The van der Waals surface area contributed by atoms with Crippen LogP contribution in [0.25, 0.3) is 0 Å². The molecule has 5 heteroatoms. The van der Waals surface area contributed by atoms with Crippen molar-refractivity contribution in [1.29, 1.82) is 0 Å². The number of amidine groups is 1. The first-order valence-electron chi connectivity index (χ1n) is 4.39. The molecule has 4 nitrogen and oxygen atoms in total. The summed E-state index contributed by atoms with van der Waals surface area (Å²) in [7, 11) is 1.55. The number of amides is 1. The molecular weight excluding hydrogens is 216 g/mol. The van der Waals surface area contributed by atoms with Gasteiger partial charge < -0.3 is 10.1 Å². The second kappa shape index (κ2) is 3.90. The molecule has 0 atom stereocenters. The lowest BCUT2D eigenvalue weighted by Crippen LogP contribution is -2.25. The molecule has 0 saturated heterocycles. The number of hydrogen-bond acceptors (Lipinski definition) is 3. The van der Waals surface area contributed by atoms with Gasteiger partial charge in [-0.15, -0.1) is 0 Å². The van der Waals surface area contributed by atoms with Crippen LogP contribution in [0, 0.1) is 0 Å². The Labute approximate surface area is 91.9 Å². The number of nitrogens with one attached hydrogen (secondary N) is 1. The molecule has 1 aromatic rings. The number of carbonyl (C=O) groups excluding carboxylic acids is 1. The first-order chi connectivity index (χ1) is 7.20. The minimum atomic E-state index is -0.109. The number of ether oxygens (including phenoxy) is 1. The molecule has 0 spiro atoms. The number of aliphatic imine (C=N–C) groups is 1. The van der Waals surface area contributed by atoms with Gasteiger partial charge in [0.05, 0.1) is 12.7 Å². The van der Waals surface area contributed by atoms with Gasteiger partial charge in [-0.3, -0.25) is 9.79 Å². The molecule has 0 bridgehead atoms. The second-order valence-corrected chi connectivity index (χ2v) is 3.49. The highest BCUT2D eigenvalue weighted by molar-refractivity contribution is 6.31. The molecule has 1 aliphatic rings. The predicted molar refractivity (Wildman–Crippen MR) is 57.6 cm³/mol. The number of benzene rings is 1. The van der Waals surface area contributed by atoms with Crippen LogP contribution in [-0.4, -0.2) is 25.4 Å². The highest BCUT2D eigenvalue weighted by Gasteiger charge is 2.18. The van der Waals surface area contributed by atoms with Gasteiger partial charge in [0.25, 0.3) is 0 Å². The van der Waals surface area contributed by atoms with E-state index in [1.54, 1.807) is 25.3 Å². The molecule has 0 unspecified atom stereocenters.